The smallest absolute Gasteiger partial charge is 0.186 e. The summed E-state index contributed by atoms with van der Waals surface area (Å²) in [5.74, 6) is 1.68. The van der Waals surface area contributed by atoms with Crippen molar-refractivity contribution in [1.29, 1.82) is 5.26 Å². The van der Waals surface area contributed by atoms with Gasteiger partial charge in [0.25, 0.3) is 0 Å². The number of nitrogens with zero attached hydrogens (tertiary/aromatic N) is 4. The molecule has 0 unspecified atom stereocenters. The molecular formula is C17H20N4O2. The van der Waals surface area contributed by atoms with Crippen molar-refractivity contribution in [1.82, 2.24) is 15.0 Å². The molecule has 23 heavy (non-hydrogen) atoms. The van der Waals surface area contributed by atoms with Gasteiger partial charge in [-0.05, 0) is 25.0 Å². The largest absolute Gasteiger partial charge is 0.497 e. The lowest BCUT2D eigenvalue weighted by atomic mass is 9.86. The number of rotatable bonds is 4. The second kappa shape index (κ2) is 6.69. The maximum absolute atomic E-state index is 9.40. The maximum Gasteiger partial charge on any atom is 0.186 e. The van der Waals surface area contributed by atoms with E-state index in [0.717, 1.165) is 24.2 Å². The van der Waals surface area contributed by atoms with Crippen LogP contribution in [-0.4, -0.2) is 29.2 Å². The van der Waals surface area contributed by atoms with Crippen molar-refractivity contribution < 1.29 is 9.47 Å². The Morgan fingerprint density at radius 1 is 1.17 bits per heavy atom. The van der Waals surface area contributed by atoms with Crippen molar-refractivity contribution in [2.24, 2.45) is 0 Å². The van der Waals surface area contributed by atoms with Crippen molar-refractivity contribution in [3.63, 3.8) is 0 Å². The van der Waals surface area contributed by atoms with E-state index in [1.807, 2.05) is 18.2 Å². The molecule has 0 saturated heterocycles. The predicted octanol–water partition coefficient (Wildman–Crippen LogP) is 3.20. The summed E-state index contributed by atoms with van der Waals surface area (Å²) in [5.41, 5.74) is 2.09. The minimum Gasteiger partial charge on any atom is -0.497 e. The molecule has 0 bridgehead atoms. The van der Waals surface area contributed by atoms with E-state index >= 15 is 0 Å². The van der Waals surface area contributed by atoms with Gasteiger partial charge in [-0.1, -0.05) is 24.5 Å². The number of ether oxygens (including phenoxy) is 2. The molecular weight excluding hydrogens is 292 g/mol. The van der Waals surface area contributed by atoms with Crippen LogP contribution in [0, 0.1) is 11.3 Å². The lowest BCUT2D eigenvalue weighted by Gasteiger charge is -2.22. The topological polar surface area (TPSA) is 73.0 Å². The first-order valence-corrected chi connectivity index (χ1v) is 7.86. The van der Waals surface area contributed by atoms with E-state index in [9.17, 15) is 5.26 Å². The summed E-state index contributed by atoms with van der Waals surface area (Å²) in [7, 11) is 3.23. The molecule has 0 aliphatic heterocycles. The number of hydrogen-bond acceptors (Lipinski definition) is 5. The Hall–Kier alpha value is -2.55. The van der Waals surface area contributed by atoms with Crippen molar-refractivity contribution in [3.05, 3.63) is 29.6 Å². The van der Waals surface area contributed by atoms with Crippen LogP contribution < -0.4 is 9.47 Å². The lowest BCUT2D eigenvalue weighted by Crippen LogP contribution is -2.13. The summed E-state index contributed by atoms with van der Waals surface area (Å²) in [6.07, 6.45) is 5.76. The zero-order chi connectivity index (χ0) is 16.2. The van der Waals surface area contributed by atoms with Crippen LogP contribution in [0.3, 0.4) is 0 Å². The van der Waals surface area contributed by atoms with Gasteiger partial charge in [0.15, 0.2) is 5.69 Å². The van der Waals surface area contributed by atoms with E-state index in [1.165, 1.54) is 19.3 Å². The van der Waals surface area contributed by atoms with Gasteiger partial charge in [-0.15, -0.1) is 5.10 Å². The fourth-order valence-electron chi connectivity index (χ4n) is 3.25. The van der Waals surface area contributed by atoms with Gasteiger partial charge < -0.3 is 9.47 Å². The Morgan fingerprint density at radius 2 is 1.96 bits per heavy atom. The van der Waals surface area contributed by atoms with Crippen LogP contribution in [-0.2, 0) is 0 Å². The molecule has 1 fully saturated rings. The molecule has 1 aromatic heterocycles. The van der Waals surface area contributed by atoms with E-state index in [4.69, 9.17) is 9.47 Å². The molecule has 0 N–H and O–H groups in total. The minimum atomic E-state index is 0.320. The summed E-state index contributed by atoms with van der Waals surface area (Å²) in [6.45, 7) is 0. The molecule has 6 nitrogen and oxygen atoms in total. The Bertz CT molecular complexity index is 727. The van der Waals surface area contributed by atoms with E-state index in [1.54, 1.807) is 18.9 Å². The molecule has 6 heteroatoms. The van der Waals surface area contributed by atoms with Crippen molar-refractivity contribution >= 4 is 0 Å². The summed E-state index contributed by atoms with van der Waals surface area (Å²) in [6, 6.07) is 7.74. The second-order valence-corrected chi connectivity index (χ2v) is 5.72. The highest BCUT2D eigenvalue weighted by Gasteiger charge is 2.26. The lowest BCUT2D eigenvalue weighted by molar-refractivity contribution is 0.390. The average Bonchev–Trinajstić information content (AvgIpc) is 3.05. The molecule has 0 atom stereocenters. The third-order valence-corrected chi connectivity index (χ3v) is 4.42. The molecule has 1 aliphatic carbocycles. The minimum absolute atomic E-state index is 0.320. The maximum atomic E-state index is 9.40. The van der Waals surface area contributed by atoms with E-state index in [2.05, 4.69) is 16.4 Å². The van der Waals surface area contributed by atoms with Gasteiger partial charge in [-0.3, -0.25) is 0 Å². The standard InChI is InChI=1S/C17H20N4O2/c1-22-13-8-9-15(16(10-13)23-2)21-17(14(11-18)19-20-21)12-6-4-3-5-7-12/h8-10,12H,3-7H2,1-2H3. The van der Waals surface area contributed by atoms with Crippen LogP contribution in [0.2, 0.25) is 0 Å². The third-order valence-electron chi connectivity index (χ3n) is 4.42. The van der Waals surface area contributed by atoms with E-state index < -0.39 is 0 Å². The third kappa shape index (κ3) is 2.87. The number of nitriles is 1. The number of methoxy groups -OCH3 is 2. The monoisotopic (exact) mass is 312 g/mol. The van der Waals surface area contributed by atoms with Crippen LogP contribution in [0.1, 0.15) is 49.4 Å². The first kappa shape index (κ1) is 15.3. The predicted molar refractivity (Wildman–Crippen MR) is 85.0 cm³/mol. The van der Waals surface area contributed by atoms with Crippen molar-refractivity contribution in [2.45, 2.75) is 38.0 Å². The number of aromatic nitrogens is 3. The molecule has 3 rings (SSSR count). The fourth-order valence-corrected chi connectivity index (χ4v) is 3.25. The summed E-state index contributed by atoms with van der Waals surface area (Å²) in [5, 5.41) is 17.7. The van der Waals surface area contributed by atoms with Gasteiger partial charge in [-0.25, -0.2) is 4.68 Å². The van der Waals surface area contributed by atoms with Gasteiger partial charge >= 0.3 is 0 Å². The quantitative estimate of drug-likeness (QED) is 0.866. The van der Waals surface area contributed by atoms with E-state index in [0.29, 0.717) is 23.1 Å². The Kier molecular flexibility index (Phi) is 4.47. The Labute approximate surface area is 135 Å². The first-order chi connectivity index (χ1) is 11.3. The molecule has 120 valence electrons. The second-order valence-electron chi connectivity index (χ2n) is 5.72. The van der Waals surface area contributed by atoms with Crippen LogP contribution in [0.15, 0.2) is 18.2 Å². The van der Waals surface area contributed by atoms with E-state index in [-0.39, 0.29) is 0 Å². The molecule has 0 amide bonds. The highest BCUT2D eigenvalue weighted by molar-refractivity contribution is 5.52. The van der Waals surface area contributed by atoms with Gasteiger partial charge in [0.2, 0.25) is 0 Å². The van der Waals surface area contributed by atoms with Crippen LogP contribution in [0.5, 0.6) is 11.5 Å². The van der Waals surface area contributed by atoms with Gasteiger partial charge in [0.1, 0.15) is 23.3 Å². The normalized spacial score (nSPS) is 15.2. The van der Waals surface area contributed by atoms with Crippen LogP contribution in [0.25, 0.3) is 5.69 Å². The highest BCUT2D eigenvalue weighted by Crippen LogP contribution is 2.36. The molecule has 2 aromatic rings. The zero-order valence-electron chi connectivity index (χ0n) is 13.5. The molecule has 1 aliphatic rings. The first-order valence-electron chi connectivity index (χ1n) is 7.86. The molecule has 0 spiro atoms. The van der Waals surface area contributed by atoms with Gasteiger partial charge in [0.05, 0.1) is 19.9 Å². The molecule has 1 saturated carbocycles. The van der Waals surface area contributed by atoms with Crippen molar-refractivity contribution in [2.75, 3.05) is 14.2 Å². The SMILES string of the molecule is COc1ccc(-n2nnc(C#N)c2C2CCCCC2)c(OC)c1. The fraction of sp³-hybridized carbons (Fsp3) is 0.471. The van der Waals surface area contributed by atoms with Crippen molar-refractivity contribution in [3.8, 4) is 23.3 Å². The summed E-state index contributed by atoms with van der Waals surface area (Å²) in [4.78, 5) is 0. The highest BCUT2D eigenvalue weighted by atomic mass is 16.5. The summed E-state index contributed by atoms with van der Waals surface area (Å²) >= 11 is 0. The Morgan fingerprint density at radius 3 is 2.61 bits per heavy atom. The number of benzene rings is 1. The molecule has 1 heterocycles. The zero-order valence-corrected chi connectivity index (χ0v) is 13.5. The molecule has 1 aromatic carbocycles. The number of hydrogen-bond donors (Lipinski definition) is 0. The van der Waals surface area contributed by atoms with Crippen LogP contribution >= 0.6 is 0 Å². The molecule has 0 radical (unpaired) electrons. The van der Waals surface area contributed by atoms with Crippen LogP contribution in [0.4, 0.5) is 0 Å². The summed E-state index contributed by atoms with van der Waals surface area (Å²) < 4.78 is 12.5. The van der Waals surface area contributed by atoms with Gasteiger partial charge in [-0.2, -0.15) is 5.26 Å². The average molecular weight is 312 g/mol. The Balaban J connectivity index is 2.10. The van der Waals surface area contributed by atoms with Gasteiger partial charge in [0, 0.05) is 12.0 Å².